The van der Waals surface area contributed by atoms with Gasteiger partial charge < -0.3 is 9.80 Å². The maximum Gasteiger partial charge on any atom is 0.246 e. The molecule has 0 saturated carbocycles. The lowest BCUT2D eigenvalue weighted by atomic mass is 9.96. The molecule has 2 aliphatic heterocycles. The molecule has 0 aromatic carbocycles. The third kappa shape index (κ3) is 4.46. The summed E-state index contributed by atoms with van der Waals surface area (Å²) in [7, 11) is -3.70. The number of sulfonamides is 1. The number of anilines is 1. The van der Waals surface area contributed by atoms with Crippen LogP contribution in [0.4, 0.5) is 5.13 Å². The Morgan fingerprint density at radius 3 is 2.57 bits per heavy atom. The molecular weight excluding hydrogens is 446 g/mol. The van der Waals surface area contributed by atoms with Gasteiger partial charge in [-0.05, 0) is 31.4 Å². The van der Waals surface area contributed by atoms with Crippen molar-refractivity contribution < 1.29 is 13.2 Å². The molecule has 2 aliphatic rings. The first kappa shape index (κ1) is 21.5. The van der Waals surface area contributed by atoms with Crippen LogP contribution in [0.15, 0.2) is 34.8 Å². The van der Waals surface area contributed by atoms with Crippen LogP contribution in [0.1, 0.15) is 19.3 Å². The minimum atomic E-state index is -3.70. The van der Waals surface area contributed by atoms with E-state index in [1.165, 1.54) is 16.6 Å². The van der Waals surface area contributed by atoms with Crippen molar-refractivity contribution in [1.29, 1.82) is 0 Å². The second-order valence-electron chi connectivity index (χ2n) is 7.45. The fraction of sp³-hybridized carbons (Fsp3) is 0.526. The number of hydrogen-bond donors (Lipinski definition) is 0. The SMILES string of the molecule is O=C(C1CCN(S(=O)(=O)c2cccnc2Cl)CC1)N1CCCN(c2nccs2)CC1. The number of carbonyl (C=O) groups is 1. The third-order valence-corrected chi connectivity index (χ3v) is 8.82. The van der Waals surface area contributed by atoms with Gasteiger partial charge in [0.15, 0.2) is 5.13 Å². The Balaban J connectivity index is 1.35. The lowest BCUT2D eigenvalue weighted by Gasteiger charge is -2.33. The van der Waals surface area contributed by atoms with E-state index in [0.717, 1.165) is 31.2 Å². The molecule has 0 unspecified atom stereocenters. The number of carbonyl (C=O) groups excluding carboxylic acids is 1. The molecule has 4 rings (SSSR count). The highest BCUT2D eigenvalue weighted by Gasteiger charge is 2.35. The fourth-order valence-corrected chi connectivity index (χ4v) is 6.60. The molecule has 2 aromatic heterocycles. The van der Waals surface area contributed by atoms with E-state index in [2.05, 4.69) is 14.9 Å². The number of hydrogen-bond acceptors (Lipinski definition) is 7. The zero-order valence-electron chi connectivity index (χ0n) is 16.5. The molecule has 0 radical (unpaired) electrons. The lowest BCUT2D eigenvalue weighted by molar-refractivity contribution is -0.136. The van der Waals surface area contributed by atoms with Crippen LogP contribution < -0.4 is 4.90 Å². The molecule has 0 bridgehead atoms. The van der Waals surface area contributed by atoms with Crippen molar-refractivity contribution >= 4 is 44.0 Å². The lowest BCUT2D eigenvalue weighted by Crippen LogP contribution is -2.45. The van der Waals surface area contributed by atoms with E-state index in [-0.39, 0.29) is 21.9 Å². The summed E-state index contributed by atoms with van der Waals surface area (Å²) in [4.78, 5) is 25.5. The van der Waals surface area contributed by atoms with Crippen LogP contribution in [0.25, 0.3) is 0 Å². The summed E-state index contributed by atoms with van der Waals surface area (Å²) in [5.41, 5.74) is 0. The topological polar surface area (TPSA) is 86.7 Å². The first-order chi connectivity index (χ1) is 14.5. The summed E-state index contributed by atoms with van der Waals surface area (Å²) < 4.78 is 27.2. The molecule has 2 fully saturated rings. The van der Waals surface area contributed by atoms with E-state index in [1.54, 1.807) is 23.6 Å². The van der Waals surface area contributed by atoms with Gasteiger partial charge in [-0.1, -0.05) is 11.6 Å². The molecule has 4 heterocycles. The minimum absolute atomic E-state index is 0.0197. The standard InChI is InChI=1S/C19H24ClN5O3S2/c20-17-16(3-1-6-21-17)30(27,28)25-10-4-15(5-11-25)18(26)23-8-2-9-24(13-12-23)19-22-7-14-29-19/h1,3,6-7,14-15H,2,4-5,8-13H2. The van der Waals surface area contributed by atoms with Gasteiger partial charge >= 0.3 is 0 Å². The summed E-state index contributed by atoms with van der Waals surface area (Å²) in [5, 5.41) is 2.94. The van der Waals surface area contributed by atoms with E-state index in [1.807, 2.05) is 10.3 Å². The minimum Gasteiger partial charge on any atom is -0.346 e. The number of piperidine rings is 1. The number of thiazole rings is 1. The predicted molar refractivity (Wildman–Crippen MR) is 116 cm³/mol. The Bertz CT molecular complexity index is 978. The number of nitrogens with zero attached hydrogens (tertiary/aromatic N) is 5. The molecule has 30 heavy (non-hydrogen) atoms. The Hall–Kier alpha value is -1.75. The first-order valence-electron chi connectivity index (χ1n) is 10.0. The van der Waals surface area contributed by atoms with Gasteiger partial charge in [0, 0.05) is 63.0 Å². The number of rotatable bonds is 4. The molecule has 0 atom stereocenters. The van der Waals surface area contributed by atoms with Gasteiger partial charge in [0.1, 0.15) is 10.0 Å². The molecule has 11 heteroatoms. The normalized spacial score (nSPS) is 19.6. The van der Waals surface area contributed by atoms with Gasteiger partial charge in [-0.15, -0.1) is 11.3 Å². The smallest absolute Gasteiger partial charge is 0.246 e. The van der Waals surface area contributed by atoms with Crippen LogP contribution >= 0.6 is 22.9 Å². The van der Waals surface area contributed by atoms with Gasteiger partial charge in [-0.2, -0.15) is 4.31 Å². The molecule has 0 spiro atoms. The van der Waals surface area contributed by atoms with E-state index in [9.17, 15) is 13.2 Å². The maximum atomic E-state index is 13.1. The fourth-order valence-electron chi connectivity index (χ4n) is 4.01. The quantitative estimate of drug-likeness (QED) is 0.639. The van der Waals surface area contributed by atoms with Crippen molar-refractivity contribution in [2.75, 3.05) is 44.2 Å². The predicted octanol–water partition coefficient (Wildman–Crippen LogP) is 2.33. The molecule has 2 saturated heterocycles. The molecule has 0 aliphatic carbocycles. The highest BCUT2D eigenvalue weighted by molar-refractivity contribution is 7.89. The van der Waals surface area contributed by atoms with Gasteiger partial charge in [0.25, 0.3) is 0 Å². The Kier molecular flexibility index (Phi) is 6.57. The zero-order valence-corrected chi connectivity index (χ0v) is 18.9. The molecule has 2 aromatic rings. The van der Waals surface area contributed by atoms with Crippen LogP contribution in [0.3, 0.4) is 0 Å². The summed E-state index contributed by atoms with van der Waals surface area (Å²) in [6.45, 7) is 3.67. The second-order valence-corrected chi connectivity index (χ2v) is 10.6. The van der Waals surface area contributed by atoms with E-state index >= 15 is 0 Å². The first-order valence-corrected chi connectivity index (χ1v) is 12.7. The summed E-state index contributed by atoms with van der Waals surface area (Å²) >= 11 is 7.60. The van der Waals surface area contributed by atoms with Crippen LogP contribution in [0.2, 0.25) is 5.15 Å². The van der Waals surface area contributed by atoms with Gasteiger partial charge in [0.05, 0.1) is 0 Å². The highest BCUT2D eigenvalue weighted by Crippen LogP contribution is 2.28. The molecule has 162 valence electrons. The largest absolute Gasteiger partial charge is 0.346 e. The van der Waals surface area contributed by atoms with E-state index in [4.69, 9.17) is 11.6 Å². The van der Waals surface area contributed by atoms with Crippen molar-refractivity contribution in [3.05, 3.63) is 35.1 Å². The van der Waals surface area contributed by atoms with Crippen molar-refractivity contribution in [2.24, 2.45) is 5.92 Å². The maximum absolute atomic E-state index is 13.1. The number of pyridine rings is 1. The Morgan fingerprint density at radius 1 is 1.07 bits per heavy atom. The monoisotopic (exact) mass is 469 g/mol. The van der Waals surface area contributed by atoms with Crippen molar-refractivity contribution in [2.45, 2.75) is 24.2 Å². The number of aromatic nitrogens is 2. The van der Waals surface area contributed by atoms with Crippen LogP contribution in [0.5, 0.6) is 0 Å². The molecular formula is C19H24ClN5O3S2. The molecule has 8 nitrogen and oxygen atoms in total. The van der Waals surface area contributed by atoms with Gasteiger partial charge in [-0.25, -0.2) is 18.4 Å². The van der Waals surface area contributed by atoms with Crippen molar-refractivity contribution in [3.63, 3.8) is 0 Å². The highest BCUT2D eigenvalue weighted by atomic mass is 35.5. The second kappa shape index (κ2) is 9.17. The van der Waals surface area contributed by atoms with Crippen molar-refractivity contribution in [1.82, 2.24) is 19.2 Å². The summed E-state index contributed by atoms with van der Waals surface area (Å²) in [6.07, 6.45) is 5.20. The van der Waals surface area contributed by atoms with Crippen molar-refractivity contribution in [3.8, 4) is 0 Å². The Labute approximate surface area is 185 Å². The summed E-state index contributed by atoms with van der Waals surface area (Å²) in [6, 6.07) is 3.02. The summed E-state index contributed by atoms with van der Waals surface area (Å²) in [5.74, 6) is -0.0142. The average Bonchev–Trinajstić information content (AvgIpc) is 3.18. The zero-order chi connectivity index (χ0) is 21.1. The van der Waals surface area contributed by atoms with Gasteiger partial charge in [0.2, 0.25) is 15.9 Å². The van der Waals surface area contributed by atoms with Crippen LogP contribution in [-0.4, -0.2) is 72.8 Å². The molecule has 0 N–H and O–H groups in total. The average molecular weight is 470 g/mol. The third-order valence-electron chi connectivity index (χ3n) is 5.64. The van der Waals surface area contributed by atoms with Gasteiger partial charge in [-0.3, -0.25) is 4.79 Å². The van der Waals surface area contributed by atoms with Crippen LogP contribution in [0, 0.1) is 5.92 Å². The number of halogens is 1. The molecule has 1 amide bonds. The van der Waals surface area contributed by atoms with E-state index < -0.39 is 10.0 Å². The number of amides is 1. The Morgan fingerprint density at radius 2 is 1.87 bits per heavy atom. The van der Waals surface area contributed by atoms with Crippen LogP contribution in [-0.2, 0) is 14.8 Å². The van der Waals surface area contributed by atoms with E-state index in [0.29, 0.717) is 32.5 Å².